The summed E-state index contributed by atoms with van der Waals surface area (Å²) in [6.45, 7) is 1.30. The van der Waals surface area contributed by atoms with Gasteiger partial charge in [0.15, 0.2) is 0 Å². The van der Waals surface area contributed by atoms with Gasteiger partial charge in [-0.15, -0.1) is 0 Å². The highest BCUT2D eigenvalue weighted by Gasteiger charge is 2.11. The molecule has 0 saturated heterocycles. The number of furan rings is 1. The van der Waals surface area contributed by atoms with Crippen molar-refractivity contribution >= 4 is 11.8 Å². The minimum absolute atomic E-state index is 0.535. The molecule has 0 saturated carbocycles. The molecular formula is C23H22N4O. The lowest BCUT2D eigenvalue weighted by molar-refractivity contribution is 0.517. The lowest BCUT2D eigenvalue weighted by Crippen LogP contribution is -2.19. The van der Waals surface area contributed by atoms with Crippen LogP contribution in [-0.4, -0.2) is 17.0 Å². The Morgan fingerprint density at radius 1 is 0.893 bits per heavy atom. The van der Waals surface area contributed by atoms with Crippen molar-refractivity contribution in [2.24, 2.45) is 0 Å². The van der Waals surface area contributed by atoms with E-state index in [1.165, 1.54) is 5.56 Å². The van der Waals surface area contributed by atoms with Crippen LogP contribution in [0.3, 0.4) is 0 Å². The molecule has 2 aromatic carbocycles. The number of benzene rings is 2. The summed E-state index contributed by atoms with van der Waals surface area (Å²) in [5.41, 5.74) is 3.17. The van der Waals surface area contributed by atoms with Gasteiger partial charge in [-0.1, -0.05) is 60.7 Å². The molecule has 0 aliphatic carbocycles. The summed E-state index contributed by atoms with van der Waals surface area (Å²) in [5, 5.41) is 3.27. The molecule has 2 aromatic heterocycles. The third kappa shape index (κ3) is 4.38. The zero-order chi connectivity index (χ0) is 19.2. The molecular weight excluding hydrogens is 348 g/mol. The average Bonchev–Trinajstić information content (AvgIpc) is 3.27. The number of nitrogens with zero attached hydrogens (tertiary/aromatic N) is 3. The molecule has 1 N–H and O–H groups in total. The van der Waals surface area contributed by atoms with Gasteiger partial charge in [-0.05, 0) is 17.7 Å². The first kappa shape index (κ1) is 17.8. The SMILES string of the molecule is CN(Cc1ccccc1)c1cc(-c2ccccc2)nc(NCc2ccco2)n1. The van der Waals surface area contributed by atoms with E-state index in [1.807, 2.05) is 49.5 Å². The molecule has 0 amide bonds. The number of rotatable bonds is 7. The molecule has 5 heteroatoms. The maximum atomic E-state index is 5.40. The summed E-state index contributed by atoms with van der Waals surface area (Å²) in [7, 11) is 2.04. The maximum Gasteiger partial charge on any atom is 0.225 e. The van der Waals surface area contributed by atoms with E-state index in [0.29, 0.717) is 12.5 Å². The van der Waals surface area contributed by atoms with Crippen molar-refractivity contribution in [3.05, 3.63) is 96.4 Å². The van der Waals surface area contributed by atoms with E-state index in [-0.39, 0.29) is 0 Å². The van der Waals surface area contributed by atoms with Crippen LogP contribution < -0.4 is 10.2 Å². The normalized spacial score (nSPS) is 10.6. The van der Waals surface area contributed by atoms with Crippen molar-refractivity contribution in [2.45, 2.75) is 13.1 Å². The van der Waals surface area contributed by atoms with Gasteiger partial charge in [-0.25, -0.2) is 4.98 Å². The molecule has 0 aliphatic rings. The van der Waals surface area contributed by atoms with Crippen molar-refractivity contribution < 1.29 is 4.42 Å². The van der Waals surface area contributed by atoms with Crippen molar-refractivity contribution in [1.29, 1.82) is 0 Å². The summed E-state index contributed by atoms with van der Waals surface area (Å²) in [6, 6.07) is 26.3. The zero-order valence-electron chi connectivity index (χ0n) is 15.7. The number of hydrogen-bond acceptors (Lipinski definition) is 5. The number of anilines is 2. The average molecular weight is 370 g/mol. The highest BCUT2D eigenvalue weighted by molar-refractivity contribution is 5.64. The Hall–Kier alpha value is -3.60. The van der Waals surface area contributed by atoms with Gasteiger partial charge in [0.05, 0.1) is 18.5 Å². The van der Waals surface area contributed by atoms with Crippen LogP contribution in [0, 0.1) is 0 Å². The standard InChI is InChI=1S/C23H22N4O/c1-27(17-18-9-4-2-5-10-18)22-15-21(19-11-6-3-7-12-19)25-23(26-22)24-16-20-13-8-14-28-20/h2-15H,16-17H2,1H3,(H,24,25,26). The van der Waals surface area contributed by atoms with E-state index in [0.717, 1.165) is 29.4 Å². The molecule has 4 rings (SSSR count). The van der Waals surface area contributed by atoms with Crippen LogP contribution in [0.15, 0.2) is 89.5 Å². The Bertz CT molecular complexity index is 1000. The molecule has 0 spiro atoms. The lowest BCUT2D eigenvalue weighted by atomic mass is 10.1. The van der Waals surface area contributed by atoms with Crippen LogP contribution in [0.25, 0.3) is 11.3 Å². The van der Waals surface area contributed by atoms with E-state index >= 15 is 0 Å². The van der Waals surface area contributed by atoms with E-state index < -0.39 is 0 Å². The Labute approximate surface area is 164 Å². The minimum atomic E-state index is 0.535. The van der Waals surface area contributed by atoms with Crippen molar-refractivity contribution in [3.8, 4) is 11.3 Å². The van der Waals surface area contributed by atoms with E-state index in [4.69, 9.17) is 14.4 Å². The molecule has 0 aliphatic heterocycles. The molecule has 4 aromatic rings. The molecule has 0 unspecified atom stereocenters. The van der Waals surface area contributed by atoms with Crippen LogP contribution in [-0.2, 0) is 13.1 Å². The van der Waals surface area contributed by atoms with Crippen LogP contribution in [0.5, 0.6) is 0 Å². The van der Waals surface area contributed by atoms with Crippen LogP contribution in [0.2, 0.25) is 0 Å². The largest absolute Gasteiger partial charge is 0.467 e. The first-order valence-corrected chi connectivity index (χ1v) is 9.24. The Balaban J connectivity index is 1.63. The Kier molecular flexibility index (Phi) is 5.33. The second kappa shape index (κ2) is 8.39. The van der Waals surface area contributed by atoms with Crippen molar-refractivity contribution in [2.75, 3.05) is 17.3 Å². The highest BCUT2D eigenvalue weighted by Crippen LogP contribution is 2.24. The van der Waals surface area contributed by atoms with Gasteiger partial charge in [-0.3, -0.25) is 0 Å². The first-order valence-electron chi connectivity index (χ1n) is 9.24. The zero-order valence-corrected chi connectivity index (χ0v) is 15.7. The van der Waals surface area contributed by atoms with Gasteiger partial charge in [-0.2, -0.15) is 4.98 Å². The van der Waals surface area contributed by atoms with Crippen molar-refractivity contribution in [1.82, 2.24) is 9.97 Å². The molecule has 0 atom stereocenters. The summed E-state index contributed by atoms with van der Waals surface area (Å²) >= 11 is 0. The predicted octanol–water partition coefficient (Wildman–Crippen LogP) is 4.99. The third-order valence-electron chi connectivity index (χ3n) is 4.44. The monoisotopic (exact) mass is 370 g/mol. The summed E-state index contributed by atoms with van der Waals surface area (Å²) in [5.74, 6) is 2.28. The number of hydrogen-bond donors (Lipinski definition) is 1. The van der Waals surface area contributed by atoms with Gasteiger partial charge in [0.2, 0.25) is 5.95 Å². The van der Waals surface area contributed by atoms with Gasteiger partial charge in [0.25, 0.3) is 0 Å². The number of nitrogens with one attached hydrogen (secondary N) is 1. The Morgan fingerprint density at radius 3 is 2.36 bits per heavy atom. The quantitative estimate of drug-likeness (QED) is 0.497. The minimum Gasteiger partial charge on any atom is -0.467 e. The van der Waals surface area contributed by atoms with E-state index in [1.54, 1.807) is 6.26 Å². The fraction of sp³-hybridized carbons (Fsp3) is 0.130. The van der Waals surface area contributed by atoms with Gasteiger partial charge in [0.1, 0.15) is 11.6 Å². The fourth-order valence-electron chi connectivity index (χ4n) is 2.98. The first-order chi connectivity index (χ1) is 13.8. The molecule has 0 bridgehead atoms. The summed E-state index contributed by atoms with van der Waals surface area (Å²) in [6.07, 6.45) is 1.66. The third-order valence-corrected chi connectivity index (χ3v) is 4.44. The van der Waals surface area contributed by atoms with Crippen molar-refractivity contribution in [3.63, 3.8) is 0 Å². The smallest absolute Gasteiger partial charge is 0.225 e. The van der Waals surface area contributed by atoms with Gasteiger partial charge in [0, 0.05) is 25.2 Å². The van der Waals surface area contributed by atoms with Gasteiger partial charge >= 0.3 is 0 Å². The molecule has 2 heterocycles. The summed E-state index contributed by atoms with van der Waals surface area (Å²) < 4.78 is 5.40. The maximum absolute atomic E-state index is 5.40. The van der Waals surface area contributed by atoms with Crippen LogP contribution in [0.1, 0.15) is 11.3 Å². The second-order valence-corrected chi connectivity index (χ2v) is 6.58. The molecule has 0 fully saturated rings. The van der Waals surface area contributed by atoms with Gasteiger partial charge < -0.3 is 14.6 Å². The fourth-order valence-corrected chi connectivity index (χ4v) is 2.98. The highest BCUT2D eigenvalue weighted by atomic mass is 16.3. The van der Waals surface area contributed by atoms with Crippen LogP contribution in [0.4, 0.5) is 11.8 Å². The predicted molar refractivity (Wildman–Crippen MR) is 112 cm³/mol. The lowest BCUT2D eigenvalue weighted by Gasteiger charge is -2.20. The molecule has 140 valence electrons. The number of aromatic nitrogens is 2. The van der Waals surface area contributed by atoms with Crippen LogP contribution >= 0.6 is 0 Å². The Morgan fingerprint density at radius 2 is 1.64 bits per heavy atom. The molecule has 5 nitrogen and oxygen atoms in total. The van der Waals surface area contributed by atoms with E-state index in [2.05, 4.69) is 46.6 Å². The second-order valence-electron chi connectivity index (χ2n) is 6.58. The van der Waals surface area contributed by atoms with E-state index in [9.17, 15) is 0 Å². The summed E-state index contributed by atoms with van der Waals surface area (Å²) in [4.78, 5) is 11.5. The topological polar surface area (TPSA) is 54.2 Å². The molecule has 28 heavy (non-hydrogen) atoms. The molecule has 0 radical (unpaired) electrons.